The number of likely N-dealkylation sites (tertiary alicyclic amines) is 1. The summed E-state index contributed by atoms with van der Waals surface area (Å²) in [5.41, 5.74) is 5.32. The highest BCUT2D eigenvalue weighted by Gasteiger charge is 2.19. The molecule has 2 aromatic carbocycles. The third-order valence-corrected chi connectivity index (χ3v) is 4.83. The summed E-state index contributed by atoms with van der Waals surface area (Å²) in [5.74, 6) is 0. The van der Waals surface area contributed by atoms with Crippen LogP contribution in [-0.4, -0.2) is 28.0 Å². The number of rotatable bonds is 3. The molecule has 23 heavy (non-hydrogen) atoms. The molecule has 1 saturated heterocycles. The molecule has 3 aromatic rings. The Morgan fingerprint density at radius 2 is 1.61 bits per heavy atom. The SMILES string of the molecule is C[C@@H](c1ccc(-c2cnc3ccccc3n2)cc1)N1CCCC1. The first-order chi connectivity index (χ1) is 11.3. The van der Waals surface area contributed by atoms with Gasteiger partial charge in [0.1, 0.15) is 0 Å². The maximum Gasteiger partial charge on any atom is 0.0894 e. The molecule has 3 nitrogen and oxygen atoms in total. The molecule has 0 bridgehead atoms. The van der Waals surface area contributed by atoms with E-state index in [1.54, 1.807) is 0 Å². The second-order valence-corrected chi connectivity index (χ2v) is 6.29. The van der Waals surface area contributed by atoms with E-state index in [0.29, 0.717) is 6.04 Å². The summed E-state index contributed by atoms with van der Waals surface area (Å²) >= 11 is 0. The van der Waals surface area contributed by atoms with E-state index in [0.717, 1.165) is 22.3 Å². The van der Waals surface area contributed by atoms with E-state index in [1.807, 2.05) is 30.5 Å². The average molecular weight is 303 g/mol. The van der Waals surface area contributed by atoms with Crippen LogP contribution in [-0.2, 0) is 0 Å². The zero-order chi connectivity index (χ0) is 15.6. The zero-order valence-electron chi connectivity index (χ0n) is 13.4. The Kier molecular flexibility index (Phi) is 3.80. The van der Waals surface area contributed by atoms with Crippen molar-refractivity contribution >= 4 is 11.0 Å². The Morgan fingerprint density at radius 1 is 0.913 bits per heavy atom. The van der Waals surface area contributed by atoms with Crippen molar-refractivity contribution in [1.82, 2.24) is 14.9 Å². The second-order valence-electron chi connectivity index (χ2n) is 6.29. The van der Waals surface area contributed by atoms with Gasteiger partial charge in [0, 0.05) is 11.6 Å². The van der Waals surface area contributed by atoms with Crippen LogP contribution in [0.3, 0.4) is 0 Å². The van der Waals surface area contributed by atoms with Gasteiger partial charge in [0.25, 0.3) is 0 Å². The lowest BCUT2D eigenvalue weighted by Gasteiger charge is -2.24. The van der Waals surface area contributed by atoms with Crippen LogP contribution in [0.4, 0.5) is 0 Å². The van der Waals surface area contributed by atoms with Crippen LogP contribution in [0.15, 0.2) is 54.7 Å². The van der Waals surface area contributed by atoms with Crippen LogP contribution in [0, 0.1) is 0 Å². The Morgan fingerprint density at radius 3 is 2.35 bits per heavy atom. The minimum absolute atomic E-state index is 0.495. The van der Waals surface area contributed by atoms with Crippen molar-refractivity contribution in [3.63, 3.8) is 0 Å². The van der Waals surface area contributed by atoms with Crippen LogP contribution in [0.1, 0.15) is 31.4 Å². The number of benzene rings is 2. The van der Waals surface area contributed by atoms with E-state index in [1.165, 1.54) is 31.5 Å². The molecule has 1 atom stereocenters. The van der Waals surface area contributed by atoms with Crippen molar-refractivity contribution in [1.29, 1.82) is 0 Å². The molecule has 1 aliphatic heterocycles. The molecule has 2 heterocycles. The molecule has 0 saturated carbocycles. The summed E-state index contributed by atoms with van der Waals surface area (Å²) < 4.78 is 0. The minimum atomic E-state index is 0.495. The van der Waals surface area contributed by atoms with Gasteiger partial charge in [-0.1, -0.05) is 36.4 Å². The fourth-order valence-electron chi connectivity index (χ4n) is 3.37. The molecular formula is C20H21N3. The van der Waals surface area contributed by atoms with E-state index in [-0.39, 0.29) is 0 Å². The predicted octanol–water partition coefficient (Wildman–Crippen LogP) is 4.45. The molecule has 0 radical (unpaired) electrons. The highest BCUT2D eigenvalue weighted by atomic mass is 15.2. The van der Waals surface area contributed by atoms with Gasteiger partial charge in [-0.2, -0.15) is 0 Å². The fourth-order valence-corrected chi connectivity index (χ4v) is 3.37. The van der Waals surface area contributed by atoms with Crippen molar-refractivity contribution < 1.29 is 0 Å². The van der Waals surface area contributed by atoms with Gasteiger partial charge in [-0.15, -0.1) is 0 Å². The van der Waals surface area contributed by atoms with Crippen LogP contribution < -0.4 is 0 Å². The lowest BCUT2D eigenvalue weighted by Crippen LogP contribution is -2.23. The van der Waals surface area contributed by atoms with E-state index in [4.69, 9.17) is 4.98 Å². The molecule has 3 heteroatoms. The first-order valence-corrected chi connectivity index (χ1v) is 8.37. The van der Waals surface area contributed by atoms with Gasteiger partial charge in [-0.3, -0.25) is 9.88 Å². The number of fused-ring (bicyclic) bond motifs is 1. The second kappa shape index (κ2) is 6.09. The molecule has 0 aliphatic carbocycles. The third kappa shape index (κ3) is 2.84. The van der Waals surface area contributed by atoms with E-state index in [9.17, 15) is 0 Å². The average Bonchev–Trinajstić information content (AvgIpc) is 3.15. The topological polar surface area (TPSA) is 29.0 Å². The number of para-hydroxylation sites is 2. The number of aromatic nitrogens is 2. The molecule has 0 N–H and O–H groups in total. The van der Waals surface area contributed by atoms with Crippen LogP contribution >= 0.6 is 0 Å². The van der Waals surface area contributed by atoms with E-state index < -0.39 is 0 Å². The largest absolute Gasteiger partial charge is 0.297 e. The number of hydrogen-bond acceptors (Lipinski definition) is 3. The third-order valence-electron chi connectivity index (χ3n) is 4.83. The van der Waals surface area contributed by atoms with Crippen molar-refractivity contribution in [2.45, 2.75) is 25.8 Å². The van der Waals surface area contributed by atoms with Crippen LogP contribution in [0.25, 0.3) is 22.3 Å². The summed E-state index contributed by atoms with van der Waals surface area (Å²) in [7, 11) is 0. The number of hydrogen-bond donors (Lipinski definition) is 0. The van der Waals surface area contributed by atoms with Crippen LogP contribution in [0.2, 0.25) is 0 Å². The monoisotopic (exact) mass is 303 g/mol. The molecule has 1 fully saturated rings. The molecular weight excluding hydrogens is 282 g/mol. The highest BCUT2D eigenvalue weighted by molar-refractivity contribution is 5.76. The van der Waals surface area contributed by atoms with Gasteiger partial charge < -0.3 is 0 Å². The van der Waals surface area contributed by atoms with Gasteiger partial charge in [0.15, 0.2) is 0 Å². The van der Waals surface area contributed by atoms with Gasteiger partial charge in [0.05, 0.1) is 22.9 Å². The normalized spacial score (nSPS) is 16.7. The Hall–Kier alpha value is -2.26. The number of nitrogens with zero attached hydrogens (tertiary/aromatic N) is 3. The summed E-state index contributed by atoms with van der Waals surface area (Å²) in [6, 6.07) is 17.3. The summed E-state index contributed by atoms with van der Waals surface area (Å²) in [6.07, 6.45) is 4.52. The molecule has 1 aromatic heterocycles. The first kappa shape index (κ1) is 14.3. The Bertz CT molecular complexity index is 804. The lowest BCUT2D eigenvalue weighted by molar-refractivity contribution is 0.263. The first-order valence-electron chi connectivity index (χ1n) is 8.37. The quantitative estimate of drug-likeness (QED) is 0.715. The van der Waals surface area contributed by atoms with Crippen molar-refractivity contribution in [3.8, 4) is 11.3 Å². The summed E-state index contributed by atoms with van der Waals surface area (Å²) in [6.45, 7) is 4.74. The summed E-state index contributed by atoms with van der Waals surface area (Å²) in [5, 5.41) is 0. The molecule has 0 unspecified atom stereocenters. The molecule has 0 spiro atoms. The van der Waals surface area contributed by atoms with E-state index >= 15 is 0 Å². The molecule has 4 rings (SSSR count). The summed E-state index contributed by atoms with van der Waals surface area (Å²) in [4.78, 5) is 11.8. The van der Waals surface area contributed by atoms with Gasteiger partial charge in [-0.25, -0.2) is 4.98 Å². The zero-order valence-corrected chi connectivity index (χ0v) is 13.4. The van der Waals surface area contributed by atoms with Gasteiger partial charge in [0.2, 0.25) is 0 Å². The molecule has 116 valence electrons. The van der Waals surface area contributed by atoms with Gasteiger partial charge in [-0.05, 0) is 50.6 Å². The van der Waals surface area contributed by atoms with E-state index in [2.05, 4.69) is 41.1 Å². The molecule has 1 aliphatic rings. The smallest absolute Gasteiger partial charge is 0.0894 e. The highest BCUT2D eigenvalue weighted by Crippen LogP contribution is 2.27. The fraction of sp³-hybridized carbons (Fsp3) is 0.300. The maximum atomic E-state index is 4.72. The standard InChI is InChI=1S/C20H21N3/c1-15(23-12-4-5-13-23)16-8-10-17(11-9-16)20-14-21-18-6-2-3-7-19(18)22-20/h2-3,6-11,14-15H,4-5,12-13H2,1H3/t15-/m0/s1. The van der Waals surface area contributed by atoms with Crippen molar-refractivity contribution in [2.24, 2.45) is 0 Å². The van der Waals surface area contributed by atoms with Crippen molar-refractivity contribution in [2.75, 3.05) is 13.1 Å². The molecule has 0 amide bonds. The Labute approximate surface area is 137 Å². The predicted molar refractivity (Wildman–Crippen MR) is 94.2 cm³/mol. The van der Waals surface area contributed by atoms with Crippen molar-refractivity contribution in [3.05, 3.63) is 60.3 Å². The lowest BCUT2D eigenvalue weighted by atomic mass is 10.0. The Balaban J connectivity index is 1.61. The maximum absolute atomic E-state index is 4.72. The minimum Gasteiger partial charge on any atom is -0.297 e. The van der Waals surface area contributed by atoms with Gasteiger partial charge >= 0.3 is 0 Å². The van der Waals surface area contributed by atoms with Crippen LogP contribution in [0.5, 0.6) is 0 Å².